The molecule has 1 amide bonds. The van der Waals surface area contributed by atoms with Crippen LogP contribution in [0.5, 0.6) is 5.75 Å². The summed E-state index contributed by atoms with van der Waals surface area (Å²) in [6.07, 6.45) is 0.472. The van der Waals surface area contributed by atoms with E-state index >= 15 is 0 Å². The number of hydrogen-bond donors (Lipinski definition) is 1. The van der Waals surface area contributed by atoms with E-state index in [1.807, 2.05) is 36.6 Å². The molecule has 1 fully saturated rings. The summed E-state index contributed by atoms with van der Waals surface area (Å²) in [4.78, 5) is 16.9. The van der Waals surface area contributed by atoms with Crippen LogP contribution in [0.1, 0.15) is 28.6 Å². The third-order valence-electron chi connectivity index (χ3n) is 4.75. The highest BCUT2D eigenvalue weighted by Crippen LogP contribution is 2.31. The summed E-state index contributed by atoms with van der Waals surface area (Å²) in [6.45, 7) is 1.85. The Morgan fingerprint density at radius 2 is 2.07 bits per heavy atom. The molecule has 1 N–H and O–H groups in total. The van der Waals surface area contributed by atoms with Gasteiger partial charge in [0.25, 0.3) is 5.91 Å². The van der Waals surface area contributed by atoms with Crippen molar-refractivity contribution in [1.82, 2.24) is 14.8 Å². The molecule has 0 radical (unpaired) electrons. The summed E-state index contributed by atoms with van der Waals surface area (Å²) in [5.74, 6) is 0.471. The first-order chi connectivity index (χ1) is 13.8. The average Bonchev–Trinajstić information content (AvgIpc) is 3.40. The predicted octanol–water partition coefficient (Wildman–Crippen LogP) is 2.94. The van der Waals surface area contributed by atoms with Crippen molar-refractivity contribution in [3.63, 3.8) is 0 Å². The minimum Gasteiger partial charge on any atom is -0.497 e. The standard InChI is InChI=1S/C19H20N4O4S2/c1-12-10-28-19(20-12)21-18(24)16-9-17(13-3-5-15(27-2)6-4-13)23(22-16)14-7-8-29(25,26)11-14/h3-6,9-10,14H,7-8,11H2,1-2H3,(H,20,21,24)/t14-/m1/s1. The second-order valence-corrected chi connectivity index (χ2v) is 9.98. The van der Waals surface area contributed by atoms with Crippen molar-refractivity contribution in [1.29, 1.82) is 0 Å². The van der Waals surface area contributed by atoms with Crippen LogP contribution in [0.15, 0.2) is 35.7 Å². The number of thiazole rings is 1. The zero-order valence-corrected chi connectivity index (χ0v) is 17.6. The molecule has 0 bridgehead atoms. The number of carbonyl (C=O) groups is 1. The van der Waals surface area contributed by atoms with Crippen molar-refractivity contribution in [3.8, 4) is 17.0 Å². The van der Waals surface area contributed by atoms with Crippen LogP contribution < -0.4 is 10.1 Å². The molecular formula is C19H20N4O4S2. The molecule has 1 aliphatic rings. The maximum absolute atomic E-state index is 12.7. The van der Waals surface area contributed by atoms with Gasteiger partial charge in [-0.3, -0.25) is 14.8 Å². The molecule has 152 valence electrons. The number of aromatic nitrogens is 3. The van der Waals surface area contributed by atoms with E-state index in [9.17, 15) is 13.2 Å². The number of nitrogens with zero attached hydrogens (tertiary/aromatic N) is 3. The SMILES string of the molecule is COc1ccc(-c2cc(C(=O)Nc3nc(C)cs3)nn2[C@@H]2CCS(=O)(=O)C2)cc1. The molecule has 1 saturated heterocycles. The van der Waals surface area contributed by atoms with E-state index in [0.29, 0.717) is 23.0 Å². The minimum absolute atomic E-state index is 0.0184. The van der Waals surface area contributed by atoms with E-state index in [1.165, 1.54) is 11.3 Å². The van der Waals surface area contributed by atoms with Crippen LogP contribution in [0.4, 0.5) is 5.13 Å². The number of benzene rings is 1. The fourth-order valence-corrected chi connectivity index (χ4v) is 5.68. The van der Waals surface area contributed by atoms with Gasteiger partial charge in [0.2, 0.25) is 0 Å². The predicted molar refractivity (Wildman–Crippen MR) is 111 cm³/mol. The fourth-order valence-electron chi connectivity index (χ4n) is 3.30. The van der Waals surface area contributed by atoms with E-state index in [-0.39, 0.29) is 29.1 Å². The molecule has 2 aromatic heterocycles. The van der Waals surface area contributed by atoms with Crippen molar-refractivity contribution in [2.24, 2.45) is 0 Å². The molecule has 0 spiro atoms. The highest BCUT2D eigenvalue weighted by molar-refractivity contribution is 7.91. The molecule has 0 aliphatic carbocycles. The van der Waals surface area contributed by atoms with Crippen LogP contribution in [0.2, 0.25) is 0 Å². The Balaban J connectivity index is 1.70. The van der Waals surface area contributed by atoms with Gasteiger partial charge in [-0.25, -0.2) is 13.4 Å². The summed E-state index contributed by atoms with van der Waals surface area (Å²) in [7, 11) is -1.51. The third kappa shape index (κ3) is 4.18. The number of rotatable bonds is 5. The van der Waals surface area contributed by atoms with Gasteiger partial charge < -0.3 is 4.74 Å². The molecule has 29 heavy (non-hydrogen) atoms. The Bertz CT molecular complexity index is 1150. The van der Waals surface area contributed by atoms with E-state index < -0.39 is 9.84 Å². The number of aryl methyl sites for hydroxylation is 1. The summed E-state index contributed by atoms with van der Waals surface area (Å²) in [5.41, 5.74) is 2.56. The molecule has 0 unspecified atom stereocenters. The fraction of sp³-hybridized carbons (Fsp3) is 0.316. The zero-order chi connectivity index (χ0) is 20.6. The highest BCUT2D eigenvalue weighted by Gasteiger charge is 2.32. The van der Waals surface area contributed by atoms with E-state index in [4.69, 9.17) is 4.74 Å². The monoisotopic (exact) mass is 432 g/mol. The van der Waals surface area contributed by atoms with Crippen molar-refractivity contribution >= 4 is 32.2 Å². The lowest BCUT2D eigenvalue weighted by Crippen LogP contribution is -2.16. The minimum atomic E-state index is -3.10. The van der Waals surface area contributed by atoms with E-state index in [1.54, 1.807) is 17.9 Å². The van der Waals surface area contributed by atoms with Crippen LogP contribution >= 0.6 is 11.3 Å². The Morgan fingerprint density at radius 1 is 1.31 bits per heavy atom. The normalized spacial score (nSPS) is 17.9. The van der Waals surface area contributed by atoms with E-state index in [2.05, 4.69) is 15.4 Å². The molecule has 4 rings (SSSR count). The van der Waals surface area contributed by atoms with Gasteiger partial charge in [-0.1, -0.05) is 0 Å². The van der Waals surface area contributed by atoms with Crippen LogP contribution in [-0.4, -0.2) is 47.7 Å². The smallest absolute Gasteiger partial charge is 0.277 e. The van der Waals surface area contributed by atoms with Crippen LogP contribution in [0, 0.1) is 6.92 Å². The van der Waals surface area contributed by atoms with Gasteiger partial charge in [-0.2, -0.15) is 5.10 Å². The van der Waals surface area contributed by atoms with Crippen LogP contribution in [0.25, 0.3) is 11.3 Å². The first-order valence-electron chi connectivity index (χ1n) is 9.02. The Hall–Kier alpha value is -2.72. The van der Waals surface area contributed by atoms with Gasteiger partial charge in [0.1, 0.15) is 5.75 Å². The lowest BCUT2D eigenvalue weighted by atomic mass is 10.1. The van der Waals surface area contributed by atoms with Gasteiger partial charge in [-0.15, -0.1) is 11.3 Å². The van der Waals surface area contributed by atoms with Gasteiger partial charge in [0, 0.05) is 10.9 Å². The molecule has 3 heterocycles. The number of amides is 1. The average molecular weight is 433 g/mol. The summed E-state index contributed by atoms with van der Waals surface area (Å²) in [6, 6.07) is 8.74. The van der Waals surface area contributed by atoms with Crippen LogP contribution in [-0.2, 0) is 9.84 Å². The second-order valence-electron chi connectivity index (χ2n) is 6.89. The second kappa shape index (κ2) is 7.60. The molecule has 10 heteroatoms. The first kappa shape index (κ1) is 19.6. The number of ether oxygens (including phenoxy) is 1. The molecule has 1 atom stereocenters. The van der Waals surface area contributed by atoms with Crippen LogP contribution in [0.3, 0.4) is 0 Å². The topological polar surface area (TPSA) is 103 Å². The van der Waals surface area contributed by atoms with Crippen molar-refractivity contribution < 1.29 is 17.9 Å². The van der Waals surface area contributed by atoms with E-state index in [0.717, 1.165) is 11.3 Å². The summed E-state index contributed by atoms with van der Waals surface area (Å²) >= 11 is 1.34. The zero-order valence-electron chi connectivity index (χ0n) is 16.0. The third-order valence-corrected chi connectivity index (χ3v) is 7.37. The molecular weight excluding hydrogens is 412 g/mol. The Labute approximate surface area is 172 Å². The lowest BCUT2D eigenvalue weighted by molar-refractivity contribution is 0.102. The largest absolute Gasteiger partial charge is 0.497 e. The van der Waals surface area contributed by atoms with Gasteiger partial charge in [-0.05, 0) is 43.7 Å². The van der Waals surface area contributed by atoms with Gasteiger partial charge in [0.05, 0.1) is 36.0 Å². The molecule has 8 nitrogen and oxygen atoms in total. The summed E-state index contributed by atoms with van der Waals surface area (Å²) < 4.78 is 30.8. The Kier molecular flexibility index (Phi) is 5.13. The Morgan fingerprint density at radius 3 is 2.66 bits per heavy atom. The number of carbonyl (C=O) groups excluding carboxylic acids is 1. The molecule has 1 aromatic carbocycles. The van der Waals surface area contributed by atoms with Gasteiger partial charge >= 0.3 is 0 Å². The highest BCUT2D eigenvalue weighted by atomic mass is 32.2. The number of hydrogen-bond acceptors (Lipinski definition) is 7. The first-order valence-corrected chi connectivity index (χ1v) is 11.7. The molecule has 1 aliphatic heterocycles. The number of anilines is 1. The molecule has 0 saturated carbocycles. The van der Waals surface area contributed by atoms with Crippen molar-refractivity contribution in [3.05, 3.63) is 47.1 Å². The maximum Gasteiger partial charge on any atom is 0.277 e. The lowest BCUT2D eigenvalue weighted by Gasteiger charge is -2.13. The number of nitrogens with one attached hydrogen (secondary N) is 1. The number of sulfone groups is 1. The number of methoxy groups -OCH3 is 1. The summed E-state index contributed by atoms with van der Waals surface area (Å²) in [5, 5.41) is 9.56. The quantitative estimate of drug-likeness (QED) is 0.665. The molecule has 3 aromatic rings. The van der Waals surface area contributed by atoms with Gasteiger partial charge in [0.15, 0.2) is 20.7 Å². The van der Waals surface area contributed by atoms with Crippen molar-refractivity contribution in [2.75, 3.05) is 23.9 Å². The maximum atomic E-state index is 12.7. The van der Waals surface area contributed by atoms with Crippen molar-refractivity contribution in [2.45, 2.75) is 19.4 Å².